The van der Waals surface area contributed by atoms with E-state index in [0.717, 1.165) is 6.07 Å². The zero-order valence-corrected chi connectivity index (χ0v) is 21.7. The molecule has 4 rings (SSSR count). The third-order valence-electron chi connectivity index (χ3n) is 7.23. The third-order valence-corrected chi connectivity index (χ3v) is 7.23. The number of hydrogen-bond acceptors (Lipinski definition) is 6. The molecule has 198 valence electrons. The molecule has 0 unspecified atom stereocenters. The van der Waals surface area contributed by atoms with Crippen LogP contribution in [0.5, 0.6) is 0 Å². The molecule has 1 saturated heterocycles. The Kier molecular flexibility index (Phi) is 7.89. The minimum Gasteiger partial charge on any atom is -0.373 e. The average molecular weight is 533 g/mol. The Hall–Kier alpha value is -3.28. The van der Waals surface area contributed by atoms with E-state index in [4.69, 9.17) is 28.3 Å². The van der Waals surface area contributed by atoms with E-state index in [1.165, 1.54) is 35.0 Å². The summed E-state index contributed by atoms with van der Waals surface area (Å²) in [6, 6.07) is 4.67. The predicted molar refractivity (Wildman–Crippen MR) is 143 cm³/mol. The van der Waals surface area contributed by atoms with Crippen molar-refractivity contribution in [2.45, 2.75) is 42.9 Å². The summed E-state index contributed by atoms with van der Waals surface area (Å²) in [6.45, 7) is 1.99. The van der Waals surface area contributed by atoms with Gasteiger partial charge in [0, 0.05) is 32.8 Å². The van der Waals surface area contributed by atoms with Crippen LogP contribution in [0.2, 0.25) is 5.11 Å². The highest BCUT2D eigenvalue weighted by atomic mass is 19.3. The number of carbonyl (C=O) groups excluding carboxylic acids is 1. The van der Waals surface area contributed by atoms with Crippen LogP contribution in [0.4, 0.5) is 19.0 Å². The number of nitrogens with zero attached hydrogens (tertiary/aromatic N) is 4. The number of anilines is 1. The Morgan fingerprint density at radius 2 is 1.82 bits per heavy atom. The fourth-order valence-corrected chi connectivity index (χ4v) is 4.99. The number of piperidine rings is 1. The van der Waals surface area contributed by atoms with Crippen LogP contribution in [0.25, 0.3) is 11.0 Å². The summed E-state index contributed by atoms with van der Waals surface area (Å²) in [4.78, 5) is 35.9. The second-order valence-corrected chi connectivity index (χ2v) is 9.72. The van der Waals surface area contributed by atoms with Gasteiger partial charge in [0.15, 0.2) is 0 Å². The lowest BCUT2D eigenvalue weighted by molar-refractivity contribution is -0.136. The number of aromatic nitrogens is 3. The quantitative estimate of drug-likeness (QED) is 0.471. The fraction of sp³-hybridized carbons (Fsp3) is 0.440. The van der Waals surface area contributed by atoms with Crippen molar-refractivity contribution in [3.8, 4) is 0 Å². The highest BCUT2D eigenvalue weighted by molar-refractivity contribution is 6.68. The lowest BCUT2D eigenvalue weighted by Gasteiger charge is -2.42. The maximum absolute atomic E-state index is 14.8. The molecule has 1 fully saturated rings. The number of ether oxygens (including phenoxy) is 1. The molecule has 0 spiro atoms. The van der Waals surface area contributed by atoms with Crippen molar-refractivity contribution in [3.05, 3.63) is 63.5 Å². The van der Waals surface area contributed by atoms with Crippen molar-refractivity contribution in [3.63, 3.8) is 0 Å². The van der Waals surface area contributed by atoms with Crippen molar-refractivity contribution in [1.29, 1.82) is 0 Å². The van der Waals surface area contributed by atoms with Gasteiger partial charge in [-0.15, -0.1) is 0 Å². The first-order valence-corrected chi connectivity index (χ1v) is 12.2. The van der Waals surface area contributed by atoms with Crippen LogP contribution in [0.1, 0.15) is 48.9 Å². The number of methoxy groups -OCH3 is 1. The second-order valence-electron chi connectivity index (χ2n) is 9.72. The van der Waals surface area contributed by atoms with Crippen LogP contribution in [-0.2, 0) is 22.2 Å². The van der Waals surface area contributed by atoms with Gasteiger partial charge in [-0.25, -0.2) is 23.1 Å². The van der Waals surface area contributed by atoms with Crippen molar-refractivity contribution in [2.24, 2.45) is 7.05 Å². The van der Waals surface area contributed by atoms with Crippen molar-refractivity contribution < 1.29 is 22.7 Å². The van der Waals surface area contributed by atoms with E-state index in [9.17, 15) is 22.8 Å². The topological polar surface area (TPSA) is 89.3 Å². The highest BCUT2D eigenvalue weighted by Crippen LogP contribution is 2.37. The summed E-state index contributed by atoms with van der Waals surface area (Å²) in [5.74, 6) is -1.37. The molecule has 1 atom stereocenters. The summed E-state index contributed by atoms with van der Waals surface area (Å²) in [5.41, 5.74) is -1.47. The van der Waals surface area contributed by atoms with Gasteiger partial charge in [-0.3, -0.25) is 14.2 Å². The SMILES string of the molecule is [B]C([B])([B])C(=O)N1CCC(OC)(c2cc3c(N[C@H](C)c4cccc(C(F)F)c4F)ncnc3n(C)c2=O)CC1. The molecule has 1 aliphatic rings. The molecule has 1 aliphatic heterocycles. The molecule has 3 heterocycles. The van der Waals surface area contributed by atoms with E-state index in [2.05, 4.69) is 15.3 Å². The molecule has 6 radical (unpaired) electrons. The lowest BCUT2D eigenvalue weighted by atomic mass is 9.42. The highest BCUT2D eigenvalue weighted by Gasteiger charge is 2.41. The fourth-order valence-electron chi connectivity index (χ4n) is 4.99. The molecule has 39 heavy (non-hydrogen) atoms. The van der Waals surface area contributed by atoms with Crippen LogP contribution in [-0.4, -0.2) is 69.1 Å². The zero-order valence-electron chi connectivity index (χ0n) is 21.7. The number of pyridine rings is 1. The van der Waals surface area contributed by atoms with E-state index in [0.29, 0.717) is 16.6 Å². The predicted octanol–water partition coefficient (Wildman–Crippen LogP) is 2.62. The van der Waals surface area contributed by atoms with Gasteiger partial charge in [-0.05, 0) is 25.8 Å². The number of benzene rings is 1. The number of alkyl halides is 2. The summed E-state index contributed by atoms with van der Waals surface area (Å²) in [6.07, 6.45) is -1.20. The number of hydrogen-bond donors (Lipinski definition) is 1. The summed E-state index contributed by atoms with van der Waals surface area (Å²) in [7, 11) is 19.7. The average Bonchev–Trinajstić information content (AvgIpc) is 2.90. The van der Waals surface area contributed by atoms with Crippen LogP contribution < -0.4 is 10.9 Å². The van der Waals surface area contributed by atoms with Gasteiger partial charge in [0.2, 0.25) is 5.91 Å². The van der Waals surface area contributed by atoms with E-state index >= 15 is 0 Å². The molecule has 3 aromatic rings. The summed E-state index contributed by atoms with van der Waals surface area (Å²) < 4.78 is 48.5. The molecular weight excluding hydrogens is 508 g/mol. The van der Waals surface area contributed by atoms with Gasteiger partial charge < -0.3 is 15.0 Å². The first kappa shape index (κ1) is 28.7. The van der Waals surface area contributed by atoms with Gasteiger partial charge in [0.05, 0.1) is 46.1 Å². The smallest absolute Gasteiger partial charge is 0.266 e. The molecule has 14 heteroatoms. The molecule has 2 aromatic heterocycles. The monoisotopic (exact) mass is 533 g/mol. The van der Waals surface area contributed by atoms with Crippen LogP contribution in [0.15, 0.2) is 35.4 Å². The Labute approximate surface area is 227 Å². The zero-order chi connectivity index (χ0) is 28.7. The van der Waals surface area contributed by atoms with E-state index < -0.39 is 40.5 Å². The molecular formula is C25H25B3F3N5O3. The first-order chi connectivity index (χ1) is 18.3. The second kappa shape index (κ2) is 10.7. The van der Waals surface area contributed by atoms with Crippen LogP contribution in [0.3, 0.4) is 0 Å². The maximum Gasteiger partial charge on any atom is 0.266 e. The van der Waals surface area contributed by atoms with Crippen LogP contribution in [0, 0.1) is 5.82 Å². The van der Waals surface area contributed by atoms with Gasteiger partial charge in [0.25, 0.3) is 12.0 Å². The molecule has 0 saturated carbocycles. The van der Waals surface area contributed by atoms with Crippen molar-refractivity contribution in [1.82, 2.24) is 19.4 Å². The molecule has 1 aromatic carbocycles. The Balaban J connectivity index is 1.73. The van der Waals surface area contributed by atoms with E-state index in [-0.39, 0.29) is 42.9 Å². The molecule has 1 amide bonds. The number of likely N-dealkylation sites (tertiary alicyclic amines) is 1. The van der Waals surface area contributed by atoms with E-state index in [1.54, 1.807) is 20.0 Å². The molecule has 0 bridgehead atoms. The Morgan fingerprint density at radius 3 is 2.41 bits per heavy atom. The molecule has 8 nitrogen and oxygen atoms in total. The standard InChI is InChI=1S/C25H25B3F3N5O3/c1-13(14-5-4-6-15(18(14)29)19(30)31)34-20-16-11-17(22(37)35(2)21(16)33-12-32-20)24(39-3)7-9-36(10-8-24)23(38)25(26,27)28/h4-6,11-13,19H,7-10H2,1-3H3,(H,32,33,34)/t13-/m1/s1. The number of aryl methyl sites for hydroxylation is 1. The largest absolute Gasteiger partial charge is 0.373 e. The number of fused-ring (bicyclic) bond motifs is 1. The number of amides is 1. The normalized spacial score (nSPS) is 16.4. The van der Waals surface area contributed by atoms with Crippen molar-refractivity contribution in [2.75, 3.05) is 25.5 Å². The Bertz CT molecular complexity index is 1460. The van der Waals surface area contributed by atoms with Gasteiger partial charge in [0.1, 0.15) is 29.2 Å². The van der Waals surface area contributed by atoms with Crippen molar-refractivity contribution >= 4 is 46.3 Å². The first-order valence-electron chi connectivity index (χ1n) is 12.2. The Morgan fingerprint density at radius 1 is 1.18 bits per heavy atom. The molecule has 0 aliphatic carbocycles. The summed E-state index contributed by atoms with van der Waals surface area (Å²) >= 11 is 0. The number of rotatable bonds is 7. The number of nitrogens with one attached hydrogen (secondary N) is 1. The maximum atomic E-state index is 14.8. The van der Waals surface area contributed by atoms with Crippen LogP contribution >= 0.6 is 0 Å². The minimum absolute atomic E-state index is 0.0331. The van der Waals surface area contributed by atoms with Gasteiger partial charge in [-0.1, -0.05) is 23.3 Å². The van der Waals surface area contributed by atoms with Gasteiger partial charge in [-0.2, -0.15) is 0 Å². The minimum atomic E-state index is -2.96. The van der Waals surface area contributed by atoms with Gasteiger partial charge >= 0.3 is 0 Å². The molecule has 1 N–H and O–H groups in total. The number of halogens is 3. The van der Waals surface area contributed by atoms with E-state index in [1.807, 2.05) is 0 Å². The number of carbonyl (C=O) groups is 1. The lowest BCUT2D eigenvalue weighted by Crippen LogP contribution is -2.51. The third kappa shape index (κ3) is 5.31. The summed E-state index contributed by atoms with van der Waals surface area (Å²) in [5, 5.41) is 1.49.